The van der Waals surface area contributed by atoms with E-state index >= 15 is 0 Å². The highest BCUT2D eigenvalue weighted by Gasteiger charge is 2.12. The first-order valence-corrected chi connectivity index (χ1v) is 6.92. The van der Waals surface area contributed by atoms with Crippen LogP contribution in [0, 0.1) is 0 Å². The summed E-state index contributed by atoms with van der Waals surface area (Å²) < 4.78 is 2.22. The SMILES string of the molecule is Cn1c(=O)c2nc(NCCCNCCO)nnc2n(C)c1=O. The Hall–Kier alpha value is -2.33. The van der Waals surface area contributed by atoms with Crippen LogP contribution in [0.2, 0.25) is 0 Å². The first-order chi connectivity index (χ1) is 10.6. The van der Waals surface area contributed by atoms with Crippen molar-refractivity contribution in [1.82, 2.24) is 29.6 Å². The average Bonchev–Trinajstić information content (AvgIpc) is 2.54. The van der Waals surface area contributed by atoms with E-state index in [2.05, 4.69) is 25.8 Å². The van der Waals surface area contributed by atoms with Crippen LogP contribution in [0.4, 0.5) is 5.95 Å². The van der Waals surface area contributed by atoms with Gasteiger partial charge in [-0.1, -0.05) is 0 Å². The van der Waals surface area contributed by atoms with Crippen LogP contribution >= 0.6 is 0 Å². The minimum absolute atomic E-state index is 0.0977. The molecule has 0 fully saturated rings. The van der Waals surface area contributed by atoms with E-state index in [0.29, 0.717) is 13.1 Å². The smallest absolute Gasteiger partial charge is 0.332 e. The van der Waals surface area contributed by atoms with Gasteiger partial charge in [0.1, 0.15) is 0 Å². The van der Waals surface area contributed by atoms with E-state index in [9.17, 15) is 9.59 Å². The van der Waals surface area contributed by atoms with E-state index < -0.39 is 11.2 Å². The molecule has 2 aromatic heterocycles. The molecule has 0 saturated heterocycles. The number of anilines is 1. The van der Waals surface area contributed by atoms with Crippen molar-refractivity contribution in [3.8, 4) is 0 Å². The highest BCUT2D eigenvalue weighted by atomic mass is 16.3. The molecule has 2 rings (SSSR count). The third kappa shape index (κ3) is 3.28. The molecule has 2 aromatic rings. The molecule has 22 heavy (non-hydrogen) atoms. The van der Waals surface area contributed by atoms with Gasteiger partial charge in [-0.2, -0.15) is 0 Å². The van der Waals surface area contributed by atoms with Gasteiger partial charge >= 0.3 is 5.69 Å². The highest BCUT2D eigenvalue weighted by molar-refractivity contribution is 5.69. The quantitative estimate of drug-likeness (QED) is 0.492. The van der Waals surface area contributed by atoms with Gasteiger partial charge in [0.05, 0.1) is 6.61 Å². The summed E-state index contributed by atoms with van der Waals surface area (Å²) in [5, 5.41) is 22.4. The van der Waals surface area contributed by atoms with Crippen LogP contribution in [0.25, 0.3) is 11.2 Å². The van der Waals surface area contributed by atoms with E-state index in [-0.39, 0.29) is 23.7 Å². The summed E-state index contributed by atoms with van der Waals surface area (Å²) >= 11 is 0. The molecule has 0 aliphatic heterocycles. The van der Waals surface area contributed by atoms with Gasteiger partial charge in [-0.25, -0.2) is 9.78 Å². The number of hydrogen-bond donors (Lipinski definition) is 3. The molecule has 0 aromatic carbocycles. The number of aromatic nitrogens is 5. The Balaban J connectivity index is 2.14. The third-order valence-corrected chi connectivity index (χ3v) is 3.17. The maximum atomic E-state index is 12.1. The average molecular weight is 309 g/mol. The third-order valence-electron chi connectivity index (χ3n) is 3.17. The second-order valence-corrected chi connectivity index (χ2v) is 4.77. The van der Waals surface area contributed by atoms with Crippen molar-refractivity contribution in [3.63, 3.8) is 0 Å². The van der Waals surface area contributed by atoms with Crippen molar-refractivity contribution in [3.05, 3.63) is 20.8 Å². The molecule has 0 saturated carbocycles. The largest absolute Gasteiger partial charge is 0.395 e. The van der Waals surface area contributed by atoms with Gasteiger partial charge in [0.15, 0.2) is 11.2 Å². The Bertz CT molecular complexity index is 768. The van der Waals surface area contributed by atoms with Crippen LogP contribution < -0.4 is 21.9 Å². The van der Waals surface area contributed by atoms with Gasteiger partial charge in [-0.15, -0.1) is 10.2 Å². The lowest BCUT2D eigenvalue weighted by Gasteiger charge is -2.08. The monoisotopic (exact) mass is 309 g/mol. The lowest BCUT2D eigenvalue weighted by molar-refractivity contribution is 0.292. The van der Waals surface area contributed by atoms with Crippen LogP contribution in [-0.4, -0.2) is 55.7 Å². The van der Waals surface area contributed by atoms with Crippen molar-refractivity contribution < 1.29 is 5.11 Å². The molecule has 0 aliphatic carbocycles. The fraction of sp³-hybridized carbons (Fsp3) is 0.583. The van der Waals surface area contributed by atoms with Gasteiger partial charge in [0.25, 0.3) is 5.56 Å². The molecule has 0 spiro atoms. The Morgan fingerprint density at radius 1 is 1.09 bits per heavy atom. The number of aryl methyl sites for hydroxylation is 1. The predicted octanol–water partition coefficient (Wildman–Crippen LogP) is -2.19. The van der Waals surface area contributed by atoms with Crippen LogP contribution in [0.15, 0.2) is 9.59 Å². The Kier molecular flexibility index (Phi) is 5.17. The lowest BCUT2D eigenvalue weighted by atomic mass is 10.4. The highest BCUT2D eigenvalue weighted by Crippen LogP contribution is 2.02. The van der Waals surface area contributed by atoms with E-state index in [1.807, 2.05) is 0 Å². The van der Waals surface area contributed by atoms with Crippen molar-refractivity contribution in [1.29, 1.82) is 0 Å². The molecule has 0 bridgehead atoms. The Labute approximate surface area is 125 Å². The van der Waals surface area contributed by atoms with Crippen LogP contribution in [0.3, 0.4) is 0 Å². The minimum atomic E-state index is -0.499. The van der Waals surface area contributed by atoms with Crippen molar-refractivity contribution in [2.24, 2.45) is 14.1 Å². The Morgan fingerprint density at radius 3 is 2.59 bits per heavy atom. The van der Waals surface area contributed by atoms with Gasteiger partial charge < -0.3 is 15.7 Å². The minimum Gasteiger partial charge on any atom is -0.395 e. The molecule has 120 valence electrons. The summed E-state index contributed by atoms with van der Waals surface area (Å²) in [6.45, 7) is 1.99. The molecule has 3 N–H and O–H groups in total. The summed E-state index contributed by atoms with van der Waals surface area (Å²) in [6, 6.07) is 0. The fourth-order valence-electron chi connectivity index (χ4n) is 1.94. The number of rotatable bonds is 7. The molecule has 0 aliphatic rings. The number of aliphatic hydroxyl groups is 1. The second kappa shape index (κ2) is 7.09. The van der Waals surface area contributed by atoms with Crippen LogP contribution in [0.5, 0.6) is 0 Å². The number of nitrogens with one attached hydrogen (secondary N) is 2. The maximum absolute atomic E-state index is 12.1. The summed E-state index contributed by atoms with van der Waals surface area (Å²) in [5.41, 5.74) is -0.714. The summed E-state index contributed by atoms with van der Waals surface area (Å²) in [5.74, 6) is 0.241. The number of fused-ring (bicyclic) bond motifs is 1. The van der Waals surface area contributed by atoms with Gasteiger partial charge in [0.2, 0.25) is 5.95 Å². The van der Waals surface area contributed by atoms with E-state index in [1.54, 1.807) is 0 Å². The second-order valence-electron chi connectivity index (χ2n) is 4.77. The molecule has 0 atom stereocenters. The van der Waals surface area contributed by atoms with E-state index in [1.165, 1.54) is 18.7 Å². The van der Waals surface area contributed by atoms with Gasteiger partial charge in [-0.3, -0.25) is 13.9 Å². The molecule has 2 heterocycles. The van der Waals surface area contributed by atoms with Crippen LogP contribution in [0.1, 0.15) is 6.42 Å². The van der Waals surface area contributed by atoms with Crippen molar-refractivity contribution in [2.45, 2.75) is 6.42 Å². The molecular formula is C12H19N7O3. The van der Waals surface area contributed by atoms with E-state index in [4.69, 9.17) is 5.11 Å². The number of hydrogen-bond acceptors (Lipinski definition) is 8. The van der Waals surface area contributed by atoms with Crippen molar-refractivity contribution in [2.75, 3.05) is 31.6 Å². The Morgan fingerprint density at radius 2 is 1.86 bits per heavy atom. The molecule has 10 nitrogen and oxygen atoms in total. The van der Waals surface area contributed by atoms with Crippen molar-refractivity contribution >= 4 is 17.1 Å². The summed E-state index contributed by atoms with van der Waals surface area (Å²) in [4.78, 5) is 28.0. The summed E-state index contributed by atoms with van der Waals surface area (Å²) in [7, 11) is 2.91. The normalized spacial score (nSPS) is 11.0. The predicted molar refractivity (Wildman–Crippen MR) is 80.9 cm³/mol. The topological polar surface area (TPSA) is 127 Å². The molecular weight excluding hydrogens is 290 g/mol. The zero-order valence-corrected chi connectivity index (χ0v) is 12.5. The number of nitrogens with zero attached hydrogens (tertiary/aromatic N) is 5. The maximum Gasteiger partial charge on any atom is 0.332 e. The first kappa shape index (κ1) is 16.0. The van der Waals surface area contributed by atoms with Gasteiger partial charge in [0, 0.05) is 27.2 Å². The van der Waals surface area contributed by atoms with Gasteiger partial charge in [-0.05, 0) is 13.0 Å². The summed E-state index contributed by atoms with van der Waals surface area (Å²) in [6.07, 6.45) is 0.798. The zero-order chi connectivity index (χ0) is 16.1. The zero-order valence-electron chi connectivity index (χ0n) is 12.5. The first-order valence-electron chi connectivity index (χ1n) is 6.92. The lowest BCUT2D eigenvalue weighted by Crippen LogP contribution is -2.38. The van der Waals surface area contributed by atoms with E-state index in [0.717, 1.165) is 17.5 Å². The molecule has 0 radical (unpaired) electrons. The molecule has 0 unspecified atom stereocenters. The molecule has 0 amide bonds. The standard InChI is InChI=1S/C12H19N7O3/c1-18-9-8(10(21)19(2)12(18)22)15-11(17-16-9)14-5-3-4-13-6-7-20/h13,20H,3-7H2,1-2H3,(H,14,15,17). The fourth-order valence-corrected chi connectivity index (χ4v) is 1.94. The molecule has 10 heteroatoms. The number of aliphatic hydroxyl groups excluding tert-OH is 1. The van der Waals surface area contributed by atoms with Crippen LogP contribution in [-0.2, 0) is 14.1 Å².